The third-order valence-electron chi connectivity index (χ3n) is 8.21. The number of alkyl halides is 3. The number of hydrogen-bond acceptors (Lipinski definition) is 8. The van der Waals surface area contributed by atoms with Crippen molar-refractivity contribution in [2.75, 3.05) is 27.8 Å². The van der Waals surface area contributed by atoms with Gasteiger partial charge in [-0.25, -0.2) is 0 Å². The van der Waals surface area contributed by atoms with E-state index in [1.807, 2.05) is 19.1 Å². The topological polar surface area (TPSA) is 114 Å². The van der Waals surface area contributed by atoms with E-state index in [1.165, 1.54) is 34.8 Å². The first-order valence-corrected chi connectivity index (χ1v) is 17.2. The molecule has 1 N–H and O–H groups in total. The molecule has 0 spiro atoms. The lowest BCUT2D eigenvalue weighted by Gasteiger charge is -2.35. The Morgan fingerprint density at radius 3 is 2.18 bits per heavy atom. The van der Waals surface area contributed by atoms with E-state index in [0.717, 1.165) is 5.56 Å². The van der Waals surface area contributed by atoms with E-state index in [0.29, 0.717) is 43.4 Å². The molecule has 0 radical (unpaired) electrons. The third-order valence-corrected chi connectivity index (χ3v) is 11.1. The molecule has 1 saturated heterocycles. The summed E-state index contributed by atoms with van der Waals surface area (Å²) in [6, 6.07) is 12.6. The van der Waals surface area contributed by atoms with E-state index in [-0.39, 0.29) is 49.0 Å². The molecule has 0 aromatic heterocycles. The average molecular weight is 664 g/mol. The second kappa shape index (κ2) is 13.9. The molecule has 3 atom stereocenters. The van der Waals surface area contributed by atoms with E-state index in [1.54, 1.807) is 31.4 Å². The van der Waals surface area contributed by atoms with Crippen LogP contribution in [0.5, 0.6) is 11.5 Å². The summed E-state index contributed by atoms with van der Waals surface area (Å²) in [6.45, 7) is 2.46. The maximum Gasteiger partial charge on any atom is 0.534 e. The van der Waals surface area contributed by atoms with Crippen LogP contribution in [0.1, 0.15) is 56.1 Å². The zero-order valence-corrected chi connectivity index (χ0v) is 26.8. The maximum atomic E-state index is 13.5. The lowest BCUT2D eigenvalue weighted by Crippen LogP contribution is -2.52. The highest BCUT2D eigenvalue weighted by Crippen LogP contribution is 2.40. The van der Waals surface area contributed by atoms with Crippen molar-refractivity contribution in [3.63, 3.8) is 0 Å². The molecular formula is C29H40F3N3O7S2. The van der Waals surface area contributed by atoms with Crippen LogP contribution in [0.25, 0.3) is 0 Å². The molecule has 1 aliphatic heterocycles. The minimum Gasteiger partial charge on any atom is -0.497 e. The highest BCUT2D eigenvalue weighted by Gasteiger charge is 2.49. The number of nitrogens with one attached hydrogen (secondary N) is 1. The zero-order valence-electron chi connectivity index (χ0n) is 25.2. The van der Waals surface area contributed by atoms with E-state index >= 15 is 0 Å². The summed E-state index contributed by atoms with van der Waals surface area (Å²) in [7, 11) is -4.99. The summed E-state index contributed by atoms with van der Waals surface area (Å²) in [6.07, 6.45) is 2.78. The third kappa shape index (κ3) is 8.04. The highest BCUT2D eigenvalue weighted by atomic mass is 32.2. The Bertz CT molecular complexity index is 1460. The van der Waals surface area contributed by atoms with Crippen LogP contribution in [0.2, 0.25) is 0 Å². The minimum absolute atomic E-state index is 0.0598. The molecule has 0 unspecified atom stereocenters. The molecule has 44 heavy (non-hydrogen) atoms. The van der Waals surface area contributed by atoms with Crippen LogP contribution in [0.4, 0.5) is 13.2 Å². The van der Waals surface area contributed by atoms with Crippen LogP contribution in [0.3, 0.4) is 0 Å². The highest BCUT2D eigenvalue weighted by molar-refractivity contribution is 7.88. The standard InChI is InChI=1S/C29H40F3N3O7S2/c1-20-17-27(35(44(38,39)34(2)3)18-21-9-13-23(40-4)14-10-21)26(33-20)19-41-24-15-11-22(12-16-24)25-7-5-6-8-28(25)42-43(36,37)29(30,31)32/h5-10,13-14,20,22,24,26-27,33H,11-12,15-19H2,1-4H3/t20-,22?,24?,26+,27+/m1/s1. The summed E-state index contributed by atoms with van der Waals surface area (Å²) in [5.41, 5.74) is -4.29. The van der Waals surface area contributed by atoms with Gasteiger partial charge in [0.05, 0.1) is 19.8 Å². The predicted octanol–water partition coefficient (Wildman–Crippen LogP) is 4.39. The van der Waals surface area contributed by atoms with Crippen molar-refractivity contribution in [1.82, 2.24) is 13.9 Å². The van der Waals surface area contributed by atoms with Crippen LogP contribution < -0.4 is 14.2 Å². The monoisotopic (exact) mass is 663 g/mol. The maximum absolute atomic E-state index is 13.5. The van der Waals surface area contributed by atoms with Gasteiger partial charge in [-0.05, 0) is 74.3 Å². The van der Waals surface area contributed by atoms with Crippen molar-refractivity contribution >= 4 is 20.3 Å². The number of nitrogens with zero attached hydrogens (tertiary/aromatic N) is 2. The zero-order chi connectivity index (χ0) is 32.3. The van der Waals surface area contributed by atoms with Crippen molar-refractivity contribution in [3.8, 4) is 11.5 Å². The molecule has 1 heterocycles. The predicted molar refractivity (Wildman–Crippen MR) is 159 cm³/mol. The van der Waals surface area contributed by atoms with Gasteiger partial charge in [0.25, 0.3) is 10.2 Å². The number of para-hydroxylation sites is 1. The van der Waals surface area contributed by atoms with E-state index in [2.05, 4.69) is 9.50 Å². The summed E-state index contributed by atoms with van der Waals surface area (Å²) in [5, 5.41) is 3.48. The Balaban J connectivity index is 1.41. The van der Waals surface area contributed by atoms with Crippen molar-refractivity contribution in [2.24, 2.45) is 0 Å². The van der Waals surface area contributed by atoms with Gasteiger partial charge in [0, 0.05) is 38.8 Å². The normalized spacial score (nSPS) is 25.0. The molecule has 2 fully saturated rings. The number of hydrogen-bond donors (Lipinski definition) is 1. The molecule has 4 rings (SSSR count). The van der Waals surface area contributed by atoms with Crippen molar-refractivity contribution in [1.29, 1.82) is 0 Å². The van der Waals surface area contributed by atoms with Crippen LogP contribution in [-0.4, -0.2) is 83.0 Å². The van der Waals surface area contributed by atoms with E-state index in [9.17, 15) is 30.0 Å². The Kier molecular flexibility index (Phi) is 10.9. The summed E-state index contributed by atoms with van der Waals surface area (Å²) < 4.78 is 108. The summed E-state index contributed by atoms with van der Waals surface area (Å²) in [4.78, 5) is 0. The van der Waals surface area contributed by atoms with Gasteiger partial charge in [0.1, 0.15) is 11.5 Å². The molecule has 1 saturated carbocycles. The summed E-state index contributed by atoms with van der Waals surface area (Å²) >= 11 is 0. The van der Waals surface area contributed by atoms with Gasteiger partial charge >= 0.3 is 15.6 Å². The number of methoxy groups -OCH3 is 1. The largest absolute Gasteiger partial charge is 0.534 e. The van der Waals surface area contributed by atoms with Gasteiger partial charge in [0.2, 0.25) is 0 Å². The van der Waals surface area contributed by atoms with Gasteiger partial charge in [0.15, 0.2) is 0 Å². The first kappa shape index (κ1) is 34.4. The van der Waals surface area contributed by atoms with Crippen LogP contribution in [0, 0.1) is 0 Å². The second-order valence-corrected chi connectivity index (χ2v) is 15.1. The SMILES string of the molecule is COc1ccc(CN([C@H]2C[C@@H](C)N[C@H]2COC2CCC(c3ccccc3OS(=O)(=O)C(F)(F)F)CC2)S(=O)(=O)N(C)C)cc1. The molecule has 0 amide bonds. The van der Waals surface area contributed by atoms with Gasteiger partial charge in [-0.1, -0.05) is 30.3 Å². The van der Waals surface area contributed by atoms with E-state index < -0.39 is 25.8 Å². The molecule has 15 heteroatoms. The van der Waals surface area contributed by atoms with Crippen LogP contribution in [-0.2, 0) is 31.6 Å². The number of ether oxygens (including phenoxy) is 2. The first-order chi connectivity index (χ1) is 20.6. The van der Waals surface area contributed by atoms with Gasteiger partial charge in [-0.15, -0.1) is 0 Å². The lowest BCUT2D eigenvalue weighted by molar-refractivity contribution is -0.0500. The smallest absolute Gasteiger partial charge is 0.497 e. The number of rotatable bonds is 12. The number of benzene rings is 2. The van der Waals surface area contributed by atoms with Crippen LogP contribution in [0.15, 0.2) is 48.5 Å². The van der Waals surface area contributed by atoms with Crippen molar-refractivity contribution in [2.45, 2.75) is 81.2 Å². The Morgan fingerprint density at radius 1 is 0.955 bits per heavy atom. The fourth-order valence-electron chi connectivity index (χ4n) is 5.88. The first-order valence-electron chi connectivity index (χ1n) is 14.4. The van der Waals surface area contributed by atoms with Gasteiger partial charge in [-0.3, -0.25) is 0 Å². The molecule has 2 aromatic rings. The molecule has 2 aromatic carbocycles. The Labute approximate surface area is 257 Å². The molecule has 0 bridgehead atoms. The Hall–Kier alpha value is -2.43. The molecular weight excluding hydrogens is 623 g/mol. The van der Waals surface area contributed by atoms with Gasteiger partial charge in [-0.2, -0.15) is 38.6 Å². The lowest BCUT2D eigenvalue weighted by atomic mass is 9.82. The fourth-order valence-corrected chi connectivity index (χ4v) is 7.67. The fraction of sp³-hybridized carbons (Fsp3) is 0.586. The Morgan fingerprint density at radius 2 is 1.59 bits per heavy atom. The van der Waals surface area contributed by atoms with E-state index in [4.69, 9.17) is 9.47 Å². The molecule has 246 valence electrons. The minimum atomic E-state index is -5.78. The van der Waals surface area contributed by atoms with Crippen molar-refractivity contribution in [3.05, 3.63) is 59.7 Å². The molecule has 10 nitrogen and oxygen atoms in total. The van der Waals surface area contributed by atoms with Crippen LogP contribution >= 0.6 is 0 Å². The molecule has 1 aliphatic carbocycles. The van der Waals surface area contributed by atoms with Gasteiger partial charge < -0.3 is 19.0 Å². The van der Waals surface area contributed by atoms with Crippen molar-refractivity contribution < 1.29 is 43.7 Å². The second-order valence-electron chi connectivity index (χ2n) is 11.5. The summed E-state index contributed by atoms with van der Waals surface area (Å²) in [5.74, 6) is 0.160. The average Bonchev–Trinajstić information content (AvgIpc) is 3.34. The quantitative estimate of drug-likeness (QED) is 0.263. The molecule has 2 aliphatic rings. The number of halogens is 3.